The van der Waals surface area contributed by atoms with E-state index in [0.717, 1.165) is 19.3 Å². The maximum atomic E-state index is 13.7. The highest BCUT2D eigenvalue weighted by atomic mass is 35.5. The molecule has 1 nitrogen and oxygen atoms in total. The molecule has 0 aliphatic heterocycles. The van der Waals surface area contributed by atoms with Gasteiger partial charge in [-0.25, -0.2) is 4.39 Å². The molecule has 0 saturated heterocycles. The summed E-state index contributed by atoms with van der Waals surface area (Å²) in [5.41, 5.74) is 6.41. The van der Waals surface area contributed by atoms with Gasteiger partial charge >= 0.3 is 0 Å². The Hall–Kier alpha value is -0.310. The molecule has 1 aromatic rings. The van der Waals surface area contributed by atoms with E-state index in [9.17, 15) is 4.39 Å². The van der Waals surface area contributed by atoms with Gasteiger partial charge in [0.1, 0.15) is 5.82 Å². The van der Waals surface area contributed by atoms with Crippen molar-refractivity contribution in [3.63, 3.8) is 0 Å². The third kappa shape index (κ3) is 4.61. The van der Waals surface area contributed by atoms with Gasteiger partial charge in [-0.05, 0) is 37.0 Å². The number of rotatable bonds is 7. The van der Waals surface area contributed by atoms with Gasteiger partial charge < -0.3 is 5.73 Å². The highest BCUT2D eigenvalue weighted by molar-refractivity contribution is 6.35. The maximum Gasteiger partial charge on any atom is 0.142 e. The number of halogens is 3. The second-order valence-electron chi connectivity index (χ2n) is 5.78. The van der Waals surface area contributed by atoms with Crippen molar-refractivity contribution in [2.24, 2.45) is 11.7 Å². The fraction of sp³-hybridized carbons (Fsp3) is 0.625. The van der Waals surface area contributed by atoms with E-state index < -0.39 is 11.4 Å². The van der Waals surface area contributed by atoms with Crippen LogP contribution in [0.15, 0.2) is 12.1 Å². The van der Waals surface area contributed by atoms with Crippen molar-refractivity contribution >= 4 is 23.2 Å². The number of benzene rings is 1. The Labute approximate surface area is 131 Å². The molecule has 0 spiro atoms. The molecule has 0 aliphatic carbocycles. The second-order valence-corrected chi connectivity index (χ2v) is 6.60. The van der Waals surface area contributed by atoms with Crippen LogP contribution >= 0.6 is 23.2 Å². The summed E-state index contributed by atoms with van der Waals surface area (Å²) in [5, 5.41) is 0.472. The zero-order valence-electron chi connectivity index (χ0n) is 12.5. The number of hydrogen-bond acceptors (Lipinski definition) is 1. The molecule has 0 fully saturated rings. The van der Waals surface area contributed by atoms with E-state index in [0.29, 0.717) is 16.5 Å². The van der Waals surface area contributed by atoms with Crippen LogP contribution in [0.4, 0.5) is 4.39 Å². The van der Waals surface area contributed by atoms with Gasteiger partial charge in [0.2, 0.25) is 0 Å². The van der Waals surface area contributed by atoms with Crippen molar-refractivity contribution in [3.05, 3.63) is 33.6 Å². The summed E-state index contributed by atoms with van der Waals surface area (Å²) in [4.78, 5) is 0. The van der Waals surface area contributed by atoms with E-state index in [2.05, 4.69) is 13.8 Å². The third-order valence-corrected chi connectivity index (χ3v) is 4.48. The largest absolute Gasteiger partial charge is 0.322 e. The summed E-state index contributed by atoms with van der Waals surface area (Å²) >= 11 is 11.9. The second kappa shape index (κ2) is 7.63. The van der Waals surface area contributed by atoms with Gasteiger partial charge in [-0.15, -0.1) is 0 Å². The molecular weight excluding hydrogens is 296 g/mol. The van der Waals surface area contributed by atoms with Crippen molar-refractivity contribution in [2.75, 3.05) is 0 Å². The van der Waals surface area contributed by atoms with E-state index in [1.54, 1.807) is 0 Å². The molecule has 114 valence electrons. The lowest BCUT2D eigenvalue weighted by molar-refractivity contribution is 0.315. The molecule has 1 aromatic carbocycles. The SMILES string of the molecule is CCCCC(CC)CC(C)(N)c1cc(F)c(Cl)cc1Cl. The van der Waals surface area contributed by atoms with Gasteiger partial charge in [-0.1, -0.05) is 62.7 Å². The van der Waals surface area contributed by atoms with Crippen LogP contribution in [-0.4, -0.2) is 0 Å². The fourth-order valence-electron chi connectivity index (χ4n) is 2.61. The molecule has 0 heterocycles. The van der Waals surface area contributed by atoms with Gasteiger partial charge in [-0.2, -0.15) is 0 Å². The molecular formula is C16H24Cl2FN. The Bertz CT molecular complexity index is 446. The summed E-state index contributed by atoms with van der Waals surface area (Å²) in [5.74, 6) is 0.0594. The molecule has 0 saturated carbocycles. The van der Waals surface area contributed by atoms with Crippen molar-refractivity contribution in [3.8, 4) is 0 Å². The summed E-state index contributed by atoms with van der Waals surface area (Å²) < 4.78 is 13.7. The number of nitrogens with two attached hydrogens (primary N) is 1. The summed E-state index contributed by atoms with van der Waals surface area (Å²) in [7, 11) is 0. The Kier molecular flexibility index (Phi) is 6.77. The molecule has 0 radical (unpaired) electrons. The average molecular weight is 320 g/mol. The third-order valence-electron chi connectivity index (χ3n) is 3.88. The molecule has 2 atom stereocenters. The standard InChI is InChI=1S/C16H24Cl2FN/c1-4-6-7-11(5-2)10-16(3,20)12-8-15(19)14(18)9-13(12)17/h8-9,11H,4-7,10,20H2,1-3H3. The lowest BCUT2D eigenvalue weighted by Gasteiger charge is -2.31. The van der Waals surface area contributed by atoms with Crippen LogP contribution < -0.4 is 5.73 Å². The molecule has 2 unspecified atom stereocenters. The Balaban J connectivity index is 2.94. The van der Waals surface area contributed by atoms with Crippen LogP contribution in [0.3, 0.4) is 0 Å². The zero-order chi connectivity index (χ0) is 15.3. The molecule has 20 heavy (non-hydrogen) atoms. The minimum atomic E-state index is -0.642. The average Bonchev–Trinajstić information content (AvgIpc) is 2.38. The predicted octanol–water partition coefficient (Wildman–Crippen LogP) is 5.91. The van der Waals surface area contributed by atoms with E-state index in [-0.39, 0.29) is 5.02 Å². The first-order valence-electron chi connectivity index (χ1n) is 7.25. The molecule has 1 rings (SSSR count). The van der Waals surface area contributed by atoms with Crippen LogP contribution in [0.5, 0.6) is 0 Å². The van der Waals surface area contributed by atoms with Crippen molar-refractivity contribution in [1.29, 1.82) is 0 Å². The molecule has 4 heteroatoms. The summed E-state index contributed by atoms with van der Waals surface area (Å²) in [6, 6.07) is 2.81. The lowest BCUT2D eigenvalue weighted by Crippen LogP contribution is -2.35. The van der Waals surface area contributed by atoms with E-state index >= 15 is 0 Å². The Morgan fingerprint density at radius 1 is 1.25 bits per heavy atom. The van der Waals surface area contributed by atoms with E-state index in [1.807, 2.05) is 6.92 Å². The highest BCUT2D eigenvalue weighted by Gasteiger charge is 2.28. The van der Waals surface area contributed by atoms with Gasteiger partial charge in [0.25, 0.3) is 0 Å². The minimum absolute atomic E-state index is 0.0348. The zero-order valence-corrected chi connectivity index (χ0v) is 14.0. The van der Waals surface area contributed by atoms with Gasteiger partial charge in [0.05, 0.1) is 5.02 Å². The first kappa shape index (κ1) is 17.7. The Morgan fingerprint density at radius 2 is 1.90 bits per heavy atom. The van der Waals surface area contributed by atoms with E-state index in [4.69, 9.17) is 28.9 Å². The van der Waals surface area contributed by atoms with Crippen LogP contribution in [-0.2, 0) is 5.54 Å². The Morgan fingerprint density at radius 3 is 2.45 bits per heavy atom. The monoisotopic (exact) mass is 319 g/mol. The van der Waals surface area contributed by atoms with Crippen LogP contribution in [0.25, 0.3) is 0 Å². The van der Waals surface area contributed by atoms with Crippen LogP contribution in [0.1, 0.15) is 58.4 Å². The van der Waals surface area contributed by atoms with Gasteiger partial charge in [0, 0.05) is 10.6 Å². The van der Waals surface area contributed by atoms with E-state index in [1.165, 1.54) is 25.0 Å². The molecule has 0 amide bonds. The first-order chi connectivity index (χ1) is 9.31. The van der Waals surface area contributed by atoms with Gasteiger partial charge in [-0.3, -0.25) is 0 Å². The van der Waals surface area contributed by atoms with Gasteiger partial charge in [0.15, 0.2) is 0 Å². The minimum Gasteiger partial charge on any atom is -0.322 e. The first-order valence-corrected chi connectivity index (χ1v) is 8.01. The predicted molar refractivity (Wildman–Crippen MR) is 85.9 cm³/mol. The van der Waals surface area contributed by atoms with Crippen molar-refractivity contribution in [2.45, 2.75) is 58.4 Å². The van der Waals surface area contributed by atoms with Crippen LogP contribution in [0, 0.1) is 11.7 Å². The lowest BCUT2D eigenvalue weighted by atomic mass is 9.81. The van der Waals surface area contributed by atoms with Crippen molar-refractivity contribution < 1.29 is 4.39 Å². The highest BCUT2D eigenvalue weighted by Crippen LogP contribution is 2.36. The number of unbranched alkanes of at least 4 members (excludes halogenated alkanes) is 1. The smallest absolute Gasteiger partial charge is 0.142 e. The van der Waals surface area contributed by atoms with Crippen LogP contribution in [0.2, 0.25) is 10.0 Å². The summed E-state index contributed by atoms with van der Waals surface area (Å²) in [6.07, 6.45) is 5.38. The molecule has 0 aliphatic rings. The van der Waals surface area contributed by atoms with Crippen molar-refractivity contribution in [1.82, 2.24) is 0 Å². The molecule has 2 N–H and O–H groups in total. The summed E-state index contributed by atoms with van der Waals surface area (Å²) in [6.45, 7) is 6.26. The molecule has 0 bridgehead atoms. The quantitative estimate of drug-likeness (QED) is 0.621. The topological polar surface area (TPSA) is 26.0 Å². The fourth-order valence-corrected chi connectivity index (χ4v) is 3.21. The maximum absolute atomic E-state index is 13.7. The molecule has 0 aromatic heterocycles. The number of hydrogen-bond donors (Lipinski definition) is 1. The normalized spacial score (nSPS) is 15.9.